The van der Waals surface area contributed by atoms with Crippen molar-refractivity contribution in [1.29, 1.82) is 0 Å². The van der Waals surface area contributed by atoms with E-state index in [1.165, 1.54) is 20.4 Å². The quantitative estimate of drug-likeness (QED) is 0.452. The summed E-state index contributed by atoms with van der Waals surface area (Å²) in [6, 6.07) is 8.73. The van der Waals surface area contributed by atoms with Crippen molar-refractivity contribution in [1.82, 2.24) is 19.7 Å². The Morgan fingerprint density at radius 3 is 2.43 bits per heavy atom. The van der Waals surface area contributed by atoms with Gasteiger partial charge in [0.1, 0.15) is 23.0 Å². The molecule has 1 N–H and O–H groups in total. The fraction of sp³-hybridized carbons (Fsp3) is 0.435. The average molecular weight is 522 g/mol. The number of nitrogens with one attached hydrogen (secondary N) is 1. The smallest absolute Gasteiger partial charge is 0.243 e. The summed E-state index contributed by atoms with van der Waals surface area (Å²) < 4.78 is 48.0. The lowest BCUT2D eigenvalue weighted by Gasteiger charge is -2.22. The van der Waals surface area contributed by atoms with Gasteiger partial charge in [-0.15, -0.1) is 10.2 Å². The number of hydrogen-bond acceptors (Lipinski definition) is 8. The number of rotatable bonds is 9. The van der Waals surface area contributed by atoms with Crippen LogP contribution >= 0.6 is 11.6 Å². The van der Waals surface area contributed by atoms with Gasteiger partial charge in [0.15, 0.2) is 0 Å². The molecule has 10 nitrogen and oxygen atoms in total. The third-order valence-corrected chi connectivity index (χ3v) is 8.33. The van der Waals surface area contributed by atoms with E-state index in [2.05, 4.69) is 19.9 Å². The van der Waals surface area contributed by atoms with Crippen LogP contribution in [-0.2, 0) is 14.8 Å². The number of para-hydroxylation sites is 1. The van der Waals surface area contributed by atoms with E-state index in [-0.39, 0.29) is 11.9 Å². The summed E-state index contributed by atoms with van der Waals surface area (Å²) in [5, 5.41) is 8.22. The lowest BCUT2D eigenvalue weighted by atomic mass is 10.0. The molecule has 188 valence electrons. The van der Waals surface area contributed by atoms with Gasteiger partial charge in [0, 0.05) is 30.3 Å². The molecule has 12 heteroatoms. The zero-order valence-electron chi connectivity index (χ0n) is 19.9. The lowest BCUT2D eigenvalue weighted by molar-refractivity contribution is 0.193. The molecule has 1 saturated heterocycles. The number of nitrogens with zero attached hydrogens (tertiary/aromatic N) is 4. The van der Waals surface area contributed by atoms with Gasteiger partial charge < -0.3 is 14.2 Å². The first kappa shape index (κ1) is 25.2. The third kappa shape index (κ3) is 5.07. The van der Waals surface area contributed by atoms with Crippen LogP contribution in [0.5, 0.6) is 11.5 Å². The van der Waals surface area contributed by atoms with Crippen molar-refractivity contribution in [3.8, 4) is 17.2 Å². The Bertz CT molecular complexity index is 1250. The maximum atomic E-state index is 13.5. The van der Waals surface area contributed by atoms with E-state index in [0.717, 1.165) is 6.42 Å². The number of halogens is 1. The van der Waals surface area contributed by atoms with Gasteiger partial charge in [-0.05, 0) is 37.6 Å². The maximum Gasteiger partial charge on any atom is 0.243 e. The fourth-order valence-electron chi connectivity index (χ4n) is 4.02. The van der Waals surface area contributed by atoms with Crippen LogP contribution in [0.1, 0.15) is 43.6 Å². The predicted octanol–water partition coefficient (Wildman–Crippen LogP) is 3.77. The van der Waals surface area contributed by atoms with Crippen molar-refractivity contribution in [2.24, 2.45) is 0 Å². The van der Waals surface area contributed by atoms with Gasteiger partial charge in [-0.2, -0.15) is 0 Å². The van der Waals surface area contributed by atoms with Crippen LogP contribution in [0.25, 0.3) is 5.69 Å². The number of methoxy groups -OCH3 is 2. The van der Waals surface area contributed by atoms with Crippen molar-refractivity contribution in [2.45, 2.75) is 37.4 Å². The normalized spacial score (nSPS) is 17.7. The fourth-order valence-corrected chi connectivity index (χ4v) is 5.38. The molecule has 0 aliphatic carbocycles. The lowest BCUT2D eigenvalue weighted by Crippen LogP contribution is -2.31. The number of benzene rings is 1. The molecule has 2 aromatic heterocycles. The summed E-state index contributed by atoms with van der Waals surface area (Å²) in [7, 11) is -0.839. The molecule has 0 amide bonds. The van der Waals surface area contributed by atoms with E-state index in [0.29, 0.717) is 46.9 Å². The van der Waals surface area contributed by atoms with E-state index in [1.807, 2.05) is 0 Å². The predicted molar refractivity (Wildman–Crippen MR) is 132 cm³/mol. The molecule has 0 spiro atoms. The van der Waals surface area contributed by atoms with Gasteiger partial charge in [0.05, 0.1) is 31.1 Å². The summed E-state index contributed by atoms with van der Waals surface area (Å²) >= 11 is 5.93. The minimum atomic E-state index is -3.91. The van der Waals surface area contributed by atoms with Crippen molar-refractivity contribution >= 4 is 27.6 Å². The van der Waals surface area contributed by atoms with Crippen LogP contribution in [0.2, 0.25) is 5.02 Å². The van der Waals surface area contributed by atoms with Gasteiger partial charge in [0.2, 0.25) is 16.0 Å². The summed E-state index contributed by atoms with van der Waals surface area (Å²) in [5.41, 5.74) is 1.12. The minimum Gasteiger partial charge on any atom is -0.494 e. The molecule has 3 atom stereocenters. The van der Waals surface area contributed by atoms with E-state index in [1.54, 1.807) is 48.7 Å². The number of aromatic nitrogens is 4. The van der Waals surface area contributed by atoms with Crippen molar-refractivity contribution < 1.29 is 22.6 Å². The van der Waals surface area contributed by atoms with Crippen molar-refractivity contribution in [2.75, 3.05) is 32.2 Å². The Morgan fingerprint density at radius 2 is 1.86 bits per heavy atom. The zero-order chi connectivity index (χ0) is 25.2. The van der Waals surface area contributed by atoms with Crippen molar-refractivity contribution in [3.63, 3.8) is 0 Å². The number of anilines is 1. The Kier molecular flexibility index (Phi) is 7.48. The highest BCUT2D eigenvalue weighted by Gasteiger charge is 2.33. The number of hydrogen-bond donors (Lipinski definition) is 1. The molecule has 3 aromatic rings. The molecular formula is C23H28ClN5O5S. The summed E-state index contributed by atoms with van der Waals surface area (Å²) in [5.74, 6) is 1.09. The molecule has 1 aliphatic rings. The first-order chi connectivity index (χ1) is 16.8. The van der Waals surface area contributed by atoms with Gasteiger partial charge in [0.25, 0.3) is 0 Å². The van der Waals surface area contributed by atoms with Gasteiger partial charge >= 0.3 is 0 Å². The standard InChI is InChI=1S/C23H28ClN5O5S/c1-14(18-9-8-17(24)12-25-18)15(2)35(30,31)28-23-27-26-22(16-10-11-34-13-16)29(23)21-19(32-3)6-5-7-20(21)33-4/h5-9,12,14-16H,10-11,13H2,1-4H3,(H,27,28)/t14-,15-,16-/m0/s1. The van der Waals surface area contributed by atoms with Gasteiger partial charge in [-0.1, -0.05) is 24.6 Å². The summed E-state index contributed by atoms with van der Waals surface area (Å²) in [4.78, 5) is 4.28. The molecule has 1 fully saturated rings. The first-order valence-corrected chi connectivity index (χ1v) is 13.1. The monoisotopic (exact) mass is 521 g/mol. The molecule has 0 unspecified atom stereocenters. The molecule has 0 bridgehead atoms. The van der Waals surface area contributed by atoms with Crippen molar-refractivity contribution in [3.05, 3.63) is 53.1 Å². The SMILES string of the molecule is COc1cccc(OC)c1-n1c(NS(=O)(=O)[C@@H](C)[C@H](C)c2ccc(Cl)cn2)nnc1[C@H]1CCOC1. The Morgan fingerprint density at radius 1 is 1.14 bits per heavy atom. The summed E-state index contributed by atoms with van der Waals surface area (Å²) in [6.45, 7) is 4.47. The second-order valence-corrected chi connectivity index (χ2v) is 10.8. The molecule has 0 radical (unpaired) electrons. The molecule has 3 heterocycles. The van der Waals surface area contributed by atoms with E-state index < -0.39 is 21.2 Å². The molecule has 0 saturated carbocycles. The highest BCUT2D eigenvalue weighted by atomic mass is 35.5. The molecule has 35 heavy (non-hydrogen) atoms. The highest BCUT2D eigenvalue weighted by molar-refractivity contribution is 7.93. The number of pyridine rings is 1. The molecule has 1 aromatic carbocycles. The van der Waals surface area contributed by atoms with E-state index in [4.69, 9.17) is 25.8 Å². The van der Waals surface area contributed by atoms with Crippen LogP contribution in [0.3, 0.4) is 0 Å². The van der Waals surface area contributed by atoms with Crippen LogP contribution in [0.15, 0.2) is 36.5 Å². The Hall–Kier alpha value is -2.89. The number of ether oxygens (including phenoxy) is 3. The van der Waals surface area contributed by atoms with Gasteiger partial charge in [-0.25, -0.2) is 8.42 Å². The first-order valence-electron chi connectivity index (χ1n) is 11.1. The van der Waals surface area contributed by atoms with Crippen LogP contribution in [-0.4, -0.2) is 60.8 Å². The second-order valence-electron chi connectivity index (χ2n) is 8.33. The second kappa shape index (κ2) is 10.4. The minimum absolute atomic E-state index is 0.0396. The third-order valence-electron chi connectivity index (χ3n) is 6.25. The number of sulfonamides is 1. The topological polar surface area (TPSA) is 117 Å². The van der Waals surface area contributed by atoms with E-state index >= 15 is 0 Å². The zero-order valence-corrected chi connectivity index (χ0v) is 21.5. The Labute approximate surface area is 209 Å². The van der Waals surface area contributed by atoms with E-state index in [9.17, 15) is 8.42 Å². The van der Waals surface area contributed by atoms with Crippen LogP contribution in [0, 0.1) is 0 Å². The molecule has 1 aliphatic heterocycles. The summed E-state index contributed by atoms with van der Waals surface area (Å²) in [6.07, 6.45) is 2.23. The maximum absolute atomic E-state index is 13.5. The van der Waals surface area contributed by atoms with Crippen LogP contribution in [0.4, 0.5) is 5.95 Å². The largest absolute Gasteiger partial charge is 0.494 e. The molecule has 4 rings (SSSR count). The van der Waals surface area contributed by atoms with Gasteiger partial charge in [-0.3, -0.25) is 14.3 Å². The highest BCUT2D eigenvalue weighted by Crippen LogP contribution is 2.38. The molecular weight excluding hydrogens is 494 g/mol. The van der Waals surface area contributed by atoms with Crippen LogP contribution < -0.4 is 14.2 Å². The average Bonchev–Trinajstić information content (AvgIpc) is 3.52. The Balaban J connectivity index is 1.76.